The first-order valence-electron chi connectivity index (χ1n) is 10.3. The van der Waals surface area contributed by atoms with E-state index in [4.69, 9.17) is 21.1 Å². The molecule has 172 valence electrons. The molecule has 0 bridgehead atoms. The molecule has 2 aromatic rings. The number of fused-ring (bicyclic) bond motifs is 3. The molecule has 0 spiro atoms. The van der Waals surface area contributed by atoms with Crippen LogP contribution >= 0.6 is 11.6 Å². The zero-order valence-corrected chi connectivity index (χ0v) is 19.0. The number of sulfonamides is 1. The molecular formula is C22H25ClN2O6S. The van der Waals surface area contributed by atoms with E-state index in [1.807, 2.05) is 12.1 Å². The first-order valence-corrected chi connectivity index (χ1v) is 12.5. The molecule has 0 unspecified atom stereocenters. The molecule has 0 radical (unpaired) electrons. The highest BCUT2D eigenvalue weighted by Gasteiger charge is 2.46. The van der Waals surface area contributed by atoms with E-state index in [-0.39, 0.29) is 24.9 Å². The molecule has 2 heterocycles. The molecule has 8 nitrogen and oxygen atoms in total. The molecule has 1 fully saturated rings. The van der Waals surface area contributed by atoms with Crippen molar-refractivity contribution >= 4 is 33.2 Å². The number of halogens is 1. The molecule has 1 amide bonds. The summed E-state index contributed by atoms with van der Waals surface area (Å²) in [5.74, 6) is 0.354. The van der Waals surface area contributed by atoms with Crippen LogP contribution in [0.15, 0.2) is 42.5 Å². The summed E-state index contributed by atoms with van der Waals surface area (Å²) in [6, 6.07) is 12.3. The first kappa shape index (κ1) is 22.8. The van der Waals surface area contributed by atoms with Crippen LogP contribution in [0.4, 0.5) is 5.69 Å². The van der Waals surface area contributed by atoms with Gasteiger partial charge in [0.15, 0.2) is 0 Å². The van der Waals surface area contributed by atoms with Crippen molar-refractivity contribution in [2.75, 3.05) is 17.6 Å². The van der Waals surface area contributed by atoms with Gasteiger partial charge in [-0.05, 0) is 42.3 Å². The maximum Gasteiger partial charge on any atom is 0.229 e. The average molecular weight is 481 g/mol. The summed E-state index contributed by atoms with van der Waals surface area (Å²) < 4.78 is 37.6. The van der Waals surface area contributed by atoms with Crippen molar-refractivity contribution in [1.82, 2.24) is 5.32 Å². The maximum atomic E-state index is 12.5. The van der Waals surface area contributed by atoms with Crippen LogP contribution < -0.4 is 14.8 Å². The molecule has 0 aliphatic carbocycles. The fourth-order valence-electron chi connectivity index (χ4n) is 4.25. The number of benzene rings is 2. The summed E-state index contributed by atoms with van der Waals surface area (Å²) in [6.07, 6.45) is 0.376. The number of hydrogen-bond donors (Lipinski definition) is 3. The molecular weight excluding hydrogens is 456 g/mol. The van der Waals surface area contributed by atoms with E-state index in [1.54, 1.807) is 30.3 Å². The first-order chi connectivity index (χ1) is 15.2. The minimum absolute atomic E-state index is 0.119. The lowest BCUT2D eigenvalue weighted by molar-refractivity contribution is -0.142. The lowest BCUT2D eigenvalue weighted by Gasteiger charge is -2.37. The van der Waals surface area contributed by atoms with Crippen molar-refractivity contribution in [3.05, 3.63) is 58.6 Å². The van der Waals surface area contributed by atoms with Crippen LogP contribution in [0.25, 0.3) is 0 Å². The number of amides is 1. The van der Waals surface area contributed by atoms with E-state index >= 15 is 0 Å². The fraction of sp³-hybridized carbons (Fsp3) is 0.409. The number of carbonyl (C=O) groups is 1. The Morgan fingerprint density at radius 3 is 2.66 bits per heavy atom. The van der Waals surface area contributed by atoms with Gasteiger partial charge in [-0.3, -0.25) is 9.52 Å². The van der Waals surface area contributed by atoms with Crippen LogP contribution in [0.3, 0.4) is 0 Å². The molecule has 0 aromatic heterocycles. The van der Waals surface area contributed by atoms with Gasteiger partial charge in [0.05, 0.1) is 25.4 Å². The Bertz CT molecular complexity index is 1090. The quantitative estimate of drug-likeness (QED) is 0.560. The Kier molecular flexibility index (Phi) is 6.62. The van der Waals surface area contributed by atoms with Gasteiger partial charge in [0.1, 0.15) is 18.0 Å². The van der Waals surface area contributed by atoms with Gasteiger partial charge in [-0.15, -0.1) is 0 Å². The molecule has 2 aliphatic heterocycles. The molecule has 10 heteroatoms. The second-order valence-electron chi connectivity index (χ2n) is 8.14. The smallest absolute Gasteiger partial charge is 0.229 e. The largest absolute Gasteiger partial charge is 0.487 e. The summed E-state index contributed by atoms with van der Waals surface area (Å²) in [6.45, 7) is 0.136. The van der Waals surface area contributed by atoms with E-state index in [0.717, 1.165) is 17.4 Å². The minimum Gasteiger partial charge on any atom is -0.487 e. The summed E-state index contributed by atoms with van der Waals surface area (Å²) in [7, 11) is -3.41. The normalized spacial score (nSPS) is 24.2. The zero-order valence-electron chi connectivity index (χ0n) is 17.5. The molecule has 2 aromatic carbocycles. The number of aliphatic hydroxyl groups excluding tert-OH is 1. The van der Waals surface area contributed by atoms with E-state index < -0.39 is 28.3 Å². The van der Waals surface area contributed by atoms with Crippen molar-refractivity contribution in [3.63, 3.8) is 0 Å². The average Bonchev–Trinajstić information content (AvgIpc) is 3.09. The Hall–Kier alpha value is -2.33. The lowest BCUT2D eigenvalue weighted by Crippen LogP contribution is -2.47. The summed E-state index contributed by atoms with van der Waals surface area (Å²) in [5, 5.41) is 13.4. The van der Waals surface area contributed by atoms with E-state index in [2.05, 4.69) is 10.0 Å². The van der Waals surface area contributed by atoms with E-state index in [9.17, 15) is 18.3 Å². The monoisotopic (exact) mass is 480 g/mol. The van der Waals surface area contributed by atoms with Gasteiger partial charge in [0, 0.05) is 28.7 Å². The Labute approximate surface area is 191 Å². The van der Waals surface area contributed by atoms with Crippen molar-refractivity contribution in [2.45, 2.75) is 43.6 Å². The predicted octanol–water partition coefficient (Wildman–Crippen LogP) is 2.41. The number of anilines is 1. The van der Waals surface area contributed by atoms with Crippen molar-refractivity contribution in [2.24, 2.45) is 0 Å². The van der Waals surface area contributed by atoms with Crippen molar-refractivity contribution < 1.29 is 27.8 Å². The van der Waals surface area contributed by atoms with Gasteiger partial charge in [-0.1, -0.05) is 23.7 Å². The third-order valence-corrected chi connectivity index (χ3v) is 6.48. The minimum atomic E-state index is -3.41. The third kappa shape index (κ3) is 5.35. The van der Waals surface area contributed by atoms with Gasteiger partial charge < -0.3 is 19.9 Å². The Morgan fingerprint density at radius 1 is 1.22 bits per heavy atom. The number of carbonyl (C=O) groups excluding carboxylic acids is 1. The van der Waals surface area contributed by atoms with Crippen LogP contribution in [-0.4, -0.2) is 50.6 Å². The standard InChI is InChI=1S/C22H25ClN2O6S/c1-32(28,29)25-15-6-7-19-17(8-15)18-9-16(30-20(12-26)22(18)31-19)10-21(27)24-11-13-2-4-14(23)5-3-13/h2-8,16,18,20,22,25-26H,9-12H2,1H3,(H,24,27)/t16-,18-,20-,22+/m0/s1. The highest BCUT2D eigenvalue weighted by Crippen LogP contribution is 2.47. The predicted molar refractivity (Wildman–Crippen MR) is 120 cm³/mol. The lowest BCUT2D eigenvalue weighted by atomic mass is 9.84. The number of ether oxygens (including phenoxy) is 2. The molecule has 32 heavy (non-hydrogen) atoms. The van der Waals surface area contributed by atoms with Gasteiger partial charge in [0.2, 0.25) is 15.9 Å². The molecule has 4 atom stereocenters. The Morgan fingerprint density at radius 2 is 1.97 bits per heavy atom. The van der Waals surface area contributed by atoms with Gasteiger partial charge >= 0.3 is 0 Å². The van der Waals surface area contributed by atoms with Crippen LogP contribution in [0.2, 0.25) is 5.02 Å². The maximum absolute atomic E-state index is 12.5. The molecule has 3 N–H and O–H groups in total. The van der Waals surface area contributed by atoms with Crippen LogP contribution in [-0.2, 0) is 26.1 Å². The van der Waals surface area contributed by atoms with Gasteiger partial charge in [0.25, 0.3) is 0 Å². The van der Waals surface area contributed by atoms with Crippen molar-refractivity contribution in [1.29, 1.82) is 0 Å². The van der Waals surface area contributed by atoms with Crippen LogP contribution in [0, 0.1) is 0 Å². The zero-order chi connectivity index (χ0) is 22.9. The topological polar surface area (TPSA) is 114 Å². The highest BCUT2D eigenvalue weighted by atomic mass is 35.5. The van der Waals surface area contributed by atoms with E-state index in [1.165, 1.54) is 0 Å². The number of aliphatic hydroxyl groups is 1. The number of rotatable bonds is 7. The summed E-state index contributed by atoms with van der Waals surface area (Å²) in [5.41, 5.74) is 2.22. The van der Waals surface area contributed by atoms with E-state index in [0.29, 0.717) is 29.4 Å². The Balaban J connectivity index is 1.43. The second kappa shape index (κ2) is 9.27. The number of hydrogen-bond acceptors (Lipinski definition) is 6. The summed E-state index contributed by atoms with van der Waals surface area (Å²) >= 11 is 5.88. The molecule has 0 saturated carbocycles. The van der Waals surface area contributed by atoms with Gasteiger partial charge in [-0.25, -0.2) is 8.42 Å². The van der Waals surface area contributed by atoms with Crippen LogP contribution in [0.5, 0.6) is 5.75 Å². The molecule has 1 saturated heterocycles. The second-order valence-corrected chi connectivity index (χ2v) is 10.3. The third-order valence-electron chi connectivity index (χ3n) is 5.62. The number of nitrogens with one attached hydrogen (secondary N) is 2. The summed E-state index contributed by atoms with van der Waals surface area (Å²) in [4.78, 5) is 12.5. The fourth-order valence-corrected chi connectivity index (χ4v) is 4.93. The highest BCUT2D eigenvalue weighted by molar-refractivity contribution is 7.92. The molecule has 4 rings (SSSR count). The SMILES string of the molecule is CS(=O)(=O)Nc1ccc2c(c1)[C@@H]1C[C@@H](CC(=O)NCc3ccc(Cl)cc3)O[C@@H](CO)[C@@H]1O2. The van der Waals surface area contributed by atoms with Crippen molar-refractivity contribution in [3.8, 4) is 5.75 Å². The van der Waals surface area contributed by atoms with Gasteiger partial charge in [-0.2, -0.15) is 0 Å². The molecule has 2 aliphatic rings. The van der Waals surface area contributed by atoms with Crippen LogP contribution in [0.1, 0.15) is 29.9 Å².